The minimum absolute atomic E-state index is 0.534. The number of hydrogen-bond acceptors (Lipinski definition) is 3. The van der Waals surface area contributed by atoms with Crippen molar-refractivity contribution >= 4 is 12.1 Å². The molecule has 0 aliphatic heterocycles. The second kappa shape index (κ2) is 10.6. The Kier molecular flexibility index (Phi) is 9.67. The molecule has 1 amide bonds. The molecule has 1 saturated carbocycles. The van der Waals surface area contributed by atoms with Crippen LogP contribution in [0.15, 0.2) is 12.7 Å². The molecule has 0 saturated heterocycles. The quantitative estimate of drug-likeness (QED) is 0.655. The lowest BCUT2D eigenvalue weighted by Crippen LogP contribution is -2.27. The Morgan fingerprint density at radius 3 is 2.28 bits per heavy atom. The second-order valence-corrected chi connectivity index (χ2v) is 3.93. The summed E-state index contributed by atoms with van der Waals surface area (Å²) in [6, 6.07) is 0. The van der Waals surface area contributed by atoms with Gasteiger partial charge in [-0.3, -0.25) is 4.79 Å². The number of nitrogens with one attached hydrogen (secondary N) is 1. The maximum Gasteiger partial charge on any atom is 0.405 e. The Bertz CT molecular complexity index is 247. The first-order valence-corrected chi connectivity index (χ1v) is 5.97. The first-order chi connectivity index (χ1) is 8.56. The van der Waals surface area contributed by atoms with Crippen LogP contribution in [0.2, 0.25) is 0 Å². The van der Waals surface area contributed by atoms with Crippen LogP contribution in [-0.4, -0.2) is 41.5 Å². The Hall–Kier alpha value is -1.56. The van der Waals surface area contributed by atoms with Crippen LogP contribution >= 0.6 is 0 Å². The van der Waals surface area contributed by atoms with Crippen molar-refractivity contribution in [3.05, 3.63) is 12.7 Å². The third kappa shape index (κ3) is 10.9. The van der Waals surface area contributed by atoms with E-state index in [-0.39, 0.29) is 0 Å². The number of carboxylic acids is 1. The zero-order valence-corrected chi connectivity index (χ0v) is 10.4. The molecule has 0 radical (unpaired) electrons. The van der Waals surface area contributed by atoms with E-state index in [4.69, 9.17) is 14.9 Å². The van der Waals surface area contributed by atoms with Gasteiger partial charge < -0.3 is 20.3 Å². The van der Waals surface area contributed by atoms with Crippen molar-refractivity contribution in [2.45, 2.75) is 38.2 Å². The zero-order valence-electron chi connectivity index (χ0n) is 10.4. The number of carboxylic acid groups (broad SMARTS) is 2. The van der Waals surface area contributed by atoms with E-state index in [1.807, 2.05) is 6.08 Å². The number of carbonyl (C=O) groups is 2. The molecule has 1 rings (SSSR count). The SMILES string of the molecule is C=CCOC1CCCCC1.O=C(O)CNC(=O)O. The molecule has 6 heteroatoms. The predicted octanol–water partition coefficient (Wildman–Crippen LogP) is 1.86. The van der Waals surface area contributed by atoms with Crippen LogP contribution in [0, 0.1) is 0 Å². The number of amides is 1. The van der Waals surface area contributed by atoms with E-state index in [2.05, 4.69) is 6.58 Å². The summed E-state index contributed by atoms with van der Waals surface area (Å²) in [7, 11) is 0. The van der Waals surface area contributed by atoms with Gasteiger partial charge in [-0.1, -0.05) is 25.3 Å². The molecule has 104 valence electrons. The molecule has 1 fully saturated rings. The molecular weight excluding hydrogens is 238 g/mol. The summed E-state index contributed by atoms with van der Waals surface area (Å²) in [6.45, 7) is 3.80. The number of aliphatic carboxylic acids is 1. The van der Waals surface area contributed by atoms with Crippen LogP contribution in [0.4, 0.5) is 4.79 Å². The molecule has 1 aliphatic rings. The van der Waals surface area contributed by atoms with Crippen LogP contribution in [0.3, 0.4) is 0 Å². The molecule has 0 bridgehead atoms. The van der Waals surface area contributed by atoms with Crippen LogP contribution in [0.1, 0.15) is 32.1 Å². The molecule has 0 atom stereocenters. The molecule has 0 aromatic carbocycles. The molecule has 6 nitrogen and oxygen atoms in total. The highest BCUT2D eigenvalue weighted by Crippen LogP contribution is 2.19. The number of ether oxygens (including phenoxy) is 1. The largest absolute Gasteiger partial charge is 0.480 e. The molecule has 0 heterocycles. The summed E-state index contributed by atoms with van der Waals surface area (Å²) in [4.78, 5) is 19.1. The normalized spacial score (nSPS) is 15.1. The van der Waals surface area contributed by atoms with Gasteiger partial charge in [0, 0.05) is 0 Å². The Labute approximate surface area is 107 Å². The predicted molar refractivity (Wildman–Crippen MR) is 66.7 cm³/mol. The van der Waals surface area contributed by atoms with Crippen LogP contribution in [0.25, 0.3) is 0 Å². The van der Waals surface area contributed by atoms with Crippen molar-refractivity contribution < 1.29 is 24.5 Å². The van der Waals surface area contributed by atoms with Crippen molar-refractivity contribution in [3.63, 3.8) is 0 Å². The molecule has 1 aliphatic carbocycles. The van der Waals surface area contributed by atoms with Gasteiger partial charge in [-0.2, -0.15) is 0 Å². The standard InChI is InChI=1S/C9H16O.C3H5NO4/c1-2-8-10-9-6-4-3-5-7-9;5-2(6)1-4-3(7)8/h2,9H,1,3-8H2;4H,1H2,(H,5,6)(H,7,8). The summed E-state index contributed by atoms with van der Waals surface area (Å²) in [5.74, 6) is -1.19. The fourth-order valence-electron chi connectivity index (χ4n) is 1.59. The van der Waals surface area contributed by atoms with Crippen LogP contribution < -0.4 is 5.32 Å². The van der Waals surface area contributed by atoms with Gasteiger partial charge in [-0.05, 0) is 12.8 Å². The maximum atomic E-state index is 9.58. The van der Waals surface area contributed by atoms with Crippen LogP contribution in [0.5, 0.6) is 0 Å². The van der Waals surface area contributed by atoms with Gasteiger partial charge in [0.05, 0.1) is 12.7 Å². The van der Waals surface area contributed by atoms with E-state index in [0.717, 1.165) is 6.61 Å². The minimum atomic E-state index is -1.33. The van der Waals surface area contributed by atoms with Gasteiger partial charge in [-0.25, -0.2) is 4.79 Å². The van der Waals surface area contributed by atoms with Crippen molar-refractivity contribution in [3.8, 4) is 0 Å². The third-order valence-corrected chi connectivity index (χ3v) is 2.39. The topological polar surface area (TPSA) is 95.9 Å². The van der Waals surface area contributed by atoms with Crippen molar-refractivity contribution in [2.24, 2.45) is 0 Å². The summed E-state index contributed by atoms with van der Waals surface area (Å²) in [5.41, 5.74) is 0. The molecule has 18 heavy (non-hydrogen) atoms. The molecule has 0 spiro atoms. The molecule has 0 aromatic heterocycles. The Balaban J connectivity index is 0.000000331. The van der Waals surface area contributed by atoms with Crippen LogP contribution in [-0.2, 0) is 9.53 Å². The van der Waals surface area contributed by atoms with E-state index < -0.39 is 18.6 Å². The lowest BCUT2D eigenvalue weighted by atomic mass is 9.98. The van der Waals surface area contributed by atoms with Crippen molar-refractivity contribution in [1.29, 1.82) is 0 Å². The highest BCUT2D eigenvalue weighted by atomic mass is 16.5. The Morgan fingerprint density at radius 1 is 1.28 bits per heavy atom. The Morgan fingerprint density at radius 2 is 1.89 bits per heavy atom. The van der Waals surface area contributed by atoms with E-state index in [0.29, 0.717) is 6.10 Å². The van der Waals surface area contributed by atoms with Gasteiger partial charge in [0.2, 0.25) is 0 Å². The average Bonchev–Trinajstić information content (AvgIpc) is 2.36. The molecular formula is C12H21NO5. The second-order valence-electron chi connectivity index (χ2n) is 3.93. The first-order valence-electron chi connectivity index (χ1n) is 5.97. The van der Waals surface area contributed by atoms with Gasteiger partial charge in [-0.15, -0.1) is 6.58 Å². The fraction of sp³-hybridized carbons (Fsp3) is 0.667. The average molecular weight is 259 g/mol. The van der Waals surface area contributed by atoms with Gasteiger partial charge in [0.15, 0.2) is 0 Å². The highest BCUT2D eigenvalue weighted by molar-refractivity contribution is 5.75. The summed E-state index contributed by atoms with van der Waals surface area (Å²) in [5, 5.41) is 17.3. The minimum Gasteiger partial charge on any atom is -0.480 e. The highest BCUT2D eigenvalue weighted by Gasteiger charge is 2.12. The smallest absolute Gasteiger partial charge is 0.405 e. The van der Waals surface area contributed by atoms with E-state index >= 15 is 0 Å². The summed E-state index contributed by atoms with van der Waals surface area (Å²) in [6.07, 6.45) is 7.65. The van der Waals surface area contributed by atoms with Gasteiger partial charge in [0.25, 0.3) is 0 Å². The monoisotopic (exact) mass is 259 g/mol. The first kappa shape index (κ1) is 16.4. The number of rotatable bonds is 5. The molecule has 0 aromatic rings. The lowest BCUT2D eigenvalue weighted by Gasteiger charge is -2.20. The third-order valence-electron chi connectivity index (χ3n) is 2.39. The maximum absolute atomic E-state index is 9.58. The molecule has 0 unspecified atom stereocenters. The van der Waals surface area contributed by atoms with Crippen molar-refractivity contribution in [2.75, 3.05) is 13.2 Å². The molecule has 3 N–H and O–H groups in total. The number of hydrogen-bond donors (Lipinski definition) is 3. The van der Waals surface area contributed by atoms with E-state index in [1.165, 1.54) is 32.1 Å². The summed E-state index contributed by atoms with van der Waals surface area (Å²) < 4.78 is 5.51. The van der Waals surface area contributed by atoms with E-state index in [1.54, 1.807) is 5.32 Å². The van der Waals surface area contributed by atoms with Crippen molar-refractivity contribution in [1.82, 2.24) is 5.32 Å². The fourth-order valence-corrected chi connectivity index (χ4v) is 1.59. The van der Waals surface area contributed by atoms with Gasteiger partial charge in [0.1, 0.15) is 6.54 Å². The zero-order chi connectivity index (χ0) is 13.8. The van der Waals surface area contributed by atoms with E-state index in [9.17, 15) is 9.59 Å². The van der Waals surface area contributed by atoms with Gasteiger partial charge >= 0.3 is 12.1 Å². The lowest BCUT2D eigenvalue weighted by molar-refractivity contribution is -0.135. The summed E-state index contributed by atoms with van der Waals surface area (Å²) >= 11 is 0.